The van der Waals surface area contributed by atoms with Crippen molar-refractivity contribution in [2.45, 2.75) is 37.6 Å². The standard InChI is InChI=1S/C15H15F3N2O2/c16-15(17,18)14(22)11-8-4-5-9-12(11)19-20(14)13(21)10-6-2-1-3-7-10/h1-3,6-7,11,22H,4-5,8-9H2. The lowest BCUT2D eigenvalue weighted by Gasteiger charge is -2.38. The van der Waals surface area contributed by atoms with Crippen molar-refractivity contribution >= 4 is 11.6 Å². The topological polar surface area (TPSA) is 52.9 Å². The van der Waals surface area contributed by atoms with Gasteiger partial charge in [-0.15, -0.1) is 0 Å². The number of aliphatic hydroxyl groups is 1. The average Bonchev–Trinajstić information content (AvgIpc) is 2.82. The van der Waals surface area contributed by atoms with Gasteiger partial charge in [-0.2, -0.15) is 23.3 Å². The number of fused-ring (bicyclic) bond motifs is 1. The number of carbonyl (C=O) groups excluding carboxylic acids is 1. The summed E-state index contributed by atoms with van der Waals surface area (Å²) in [7, 11) is 0. The van der Waals surface area contributed by atoms with Crippen molar-refractivity contribution in [1.29, 1.82) is 0 Å². The van der Waals surface area contributed by atoms with Crippen LogP contribution in [0.2, 0.25) is 0 Å². The van der Waals surface area contributed by atoms with Gasteiger partial charge in [-0.25, -0.2) is 0 Å². The van der Waals surface area contributed by atoms with Crippen molar-refractivity contribution in [3.8, 4) is 0 Å². The SMILES string of the molecule is O=C(c1ccccc1)N1N=C2CCCCC2C1(O)C(F)(F)F. The Kier molecular flexibility index (Phi) is 3.47. The quantitative estimate of drug-likeness (QED) is 0.867. The highest BCUT2D eigenvalue weighted by molar-refractivity contribution is 5.99. The zero-order valence-electron chi connectivity index (χ0n) is 11.7. The third kappa shape index (κ3) is 2.11. The summed E-state index contributed by atoms with van der Waals surface area (Å²) >= 11 is 0. The first kappa shape index (κ1) is 15.0. The number of amides is 1. The molecule has 2 atom stereocenters. The molecule has 1 aliphatic heterocycles. The van der Waals surface area contributed by atoms with E-state index < -0.39 is 23.7 Å². The molecule has 4 nitrogen and oxygen atoms in total. The highest BCUT2D eigenvalue weighted by Gasteiger charge is 2.68. The zero-order chi connectivity index (χ0) is 16.0. The number of halogens is 3. The minimum absolute atomic E-state index is 0.0631. The van der Waals surface area contributed by atoms with Crippen molar-refractivity contribution < 1.29 is 23.1 Å². The summed E-state index contributed by atoms with van der Waals surface area (Å²) < 4.78 is 40.6. The normalized spacial score (nSPS) is 28.3. The van der Waals surface area contributed by atoms with Crippen LogP contribution in [0.4, 0.5) is 13.2 Å². The summed E-state index contributed by atoms with van der Waals surface area (Å²) in [5, 5.41) is 14.4. The third-order valence-corrected chi connectivity index (χ3v) is 4.25. The summed E-state index contributed by atoms with van der Waals surface area (Å²) in [4.78, 5) is 12.4. The molecule has 2 aliphatic rings. The summed E-state index contributed by atoms with van der Waals surface area (Å²) in [5.41, 5.74) is -2.93. The zero-order valence-corrected chi connectivity index (χ0v) is 11.7. The number of hydrazone groups is 1. The average molecular weight is 312 g/mol. The Morgan fingerprint density at radius 2 is 1.95 bits per heavy atom. The second kappa shape index (κ2) is 5.08. The maximum atomic E-state index is 13.5. The fourth-order valence-corrected chi connectivity index (χ4v) is 3.12. The maximum Gasteiger partial charge on any atom is 0.439 e. The van der Waals surface area contributed by atoms with Crippen molar-refractivity contribution in [3.05, 3.63) is 35.9 Å². The second-order valence-electron chi connectivity index (χ2n) is 5.60. The van der Waals surface area contributed by atoms with Gasteiger partial charge in [0.25, 0.3) is 11.6 Å². The smallest absolute Gasteiger partial charge is 0.362 e. The highest BCUT2D eigenvalue weighted by Crippen LogP contribution is 2.48. The molecule has 1 heterocycles. The van der Waals surface area contributed by atoms with E-state index in [1.54, 1.807) is 18.2 Å². The lowest BCUT2D eigenvalue weighted by molar-refractivity contribution is -0.312. The van der Waals surface area contributed by atoms with Gasteiger partial charge in [-0.05, 0) is 31.4 Å². The van der Waals surface area contributed by atoms with Crippen molar-refractivity contribution in [2.75, 3.05) is 0 Å². The molecule has 118 valence electrons. The van der Waals surface area contributed by atoms with Gasteiger partial charge in [-0.3, -0.25) is 4.79 Å². The highest BCUT2D eigenvalue weighted by atomic mass is 19.4. The number of benzene rings is 1. The summed E-state index contributed by atoms with van der Waals surface area (Å²) in [6.07, 6.45) is -3.12. The predicted molar refractivity (Wildman–Crippen MR) is 73.0 cm³/mol. The number of alkyl halides is 3. The lowest BCUT2D eigenvalue weighted by atomic mass is 9.80. The Morgan fingerprint density at radius 1 is 1.27 bits per heavy atom. The van der Waals surface area contributed by atoms with Crippen LogP contribution in [0.1, 0.15) is 36.0 Å². The van der Waals surface area contributed by atoms with E-state index in [1.165, 1.54) is 12.1 Å². The molecule has 3 rings (SSSR count). The van der Waals surface area contributed by atoms with Gasteiger partial charge in [0.2, 0.25) is 0 Å². The van der Waals surface area contributed by atoms with Crippen LogP contribution in [0.15, 0.2) is 35.4 Å². The summed E-state index contributed by atoms with van der Waals surface area (Å²) in [6, 6.07) is 7.57. The second-order valence-corrected chi connectivity index (χ2v) is 5.60. The maximum absolute atomic E-state index is 13.5. The van der Waals surface area contributed by atoms with Crippen LogP contribution in [0.25, 0.3) is 0 Å². The first-order valence-electron chi connectivity index (χ1n) is 7.12. The predicted octanol–water partition coefficient (Wildman–Crippen LogP) is 2.94. The van der Waals surface area contributed by atoms with Crippen LogP contribution in [0.5, 0.6) is 0 Å². The van der Waals surface area contributed by atoms with Crippen LogP contribution in [0, 0.1) is 5.92 Å². The molecular weight excluding hydrogens is 297 g/mol. The van der Waals surface area contributed by atoms with Gasteiger partial charge in [-0.1, -0.05) is 24.6 Å². The van der Waals surface area contributed by atoms with Gasteiger partial charge in [0.15, 0.2) is 0 Å². The van der Waals surface area contributed by atoms with E-state index in [-0.39, 0.29) is 22.7 Å². The summed E-state index contributed by atoms with van der Waals surface area (Å²) in [6.45, 7) is 0. The molecule has 2 unspecified atom stereocenters. The monoisotopic (exact) mass is 312 g/mol. The van der Waals surface area contributed by atoms with Crippen LogP contribution < -0.4 is 0 Å². The molecule has 1 aromatic carbocycles. The summed E-state index contributed by atoms with van der Waals surface area (Å²) in [5.74, 6) is -2.11. The van der Waals surface area contributed by atoms with Crippen LogP contribution in [0.3, 0.4) is 0 Å². The minimum Gasteiger partial charge on any atom is -0.362 e. The molecule has 0 spiro atoms. The molecule has 0 saturated heterocycles. The number of rotatable bonds is 1. The Morgan fingerprint density at radius 3 is 2.59 bits per heavy atom. The molecule has 1 N–H and O–H groups in total. The molecule has 1 aromatic rings. The van der Waals surface area contributed by atoms with Crippen molar-refractivity contribution in [1.82, 2.24) is 5.01 Å². The Hall–Kier alpha value is -1.89. The van der Waals surface area contributed by atoms with E-state index >= 15 is 0 Å². The first-order valence-corrected chi connectivity index (χ1v) is 7.12. The largest absolute Gasteiger partial charge is 0.439 e. The Labute approximate surface area is 125 Å². The van der Waals surface area contributed by atoms with Gasteiger partial charge in [0.05, 0.1) is 5.92 Å². The van der Waals surface area contributed by atoms with E-state index in [9.17, 15) is 23.1 Å². The first-order chi connectivity index (χ1) is 10.4. The molecule has 1 aliphatic carbocycles. The van der Waals surface area contributed by atoms with E-state index in [4.69, 9.17) is 0 Å². The van der Waals surface area contributed by atoms with E-state index in [2.05, 4.69) is 5.10 Å². The molecule has 1 saturated carbocycles. The van der Waals surface area contributed by atoms with Crippen molar-refractivity contribution in [2.24, 2.45) is 11.0 Å². The van der Waals surface area contributed by atoms with Crippen LogP contribution >= 0.6 is 0 Å². The molecule has 0 aromatic heterocycles. The Bertz CT molecular complexity index is 615. The van der Waals surface area contributed by atoms with Gasteiger partial charge >= 0.3 is 6.18 Å². The van der Waals surface area contributed by atoms with E-state index in [0.717, 1.165) is 6.42 Å². The molecule has 0 bridgehead atoms. The minimum atomic E-state index is -4.97. The van der Waals surface area contributed by atoms with E-state index in [1.807, 2.05) is 0 Å². The molecular formula is C15H15F3N2O2. The molecule has 22 heavy (non-hydrogen) atoms. The number of carbonyl (C=O) groups is 1. The Balaban J connectivity index is 2.04. The van der Waals surface area contributed by atoms with Gasteiger partial charge in [0, 0.05) is 11.3 Å². The van der Waals surface area contributed by atoms with Crippen molar-refractivity contribution in [3.63, 3.8) is 0 Å². The molecule has 0 radical (unpaired) electrons. The molecule has 1 fully saturated rings. The van der Waals surface area contributed by atoms with Gasteiger partial charge in [0.1, 0.15) is 0 Å². The van der Waals surface area contributed by atoms with Gasteiger partial charge < -0.3 is 5.11 Å². The fourth-order valence-electron chi connectivity index (χ4n) is 3.12. The number of nitrogens with zero attached hydrogens (tertiary/aromatic N) is 2. The van der Waals surface area contributed by atoms with Crippen LogP contribution in [-0.4, -0.2) is 33.6 Å². The number of hydrogen-bond donors (Lipinski definition) is 1. The molecule has 7 heteroatoms. The third-order valence-electron chi connectivity index (χ3n) is 4.25. The lowest BCUT2D eigenvalue weighted by Crippen LogP contribution is -2.61. The number of hydrogen-bond acceptors (Lipinski definition) is 3. The van der Waals surface area contributed by atoms with E-state index in [0.29, 0.717) is 12.8 Å². The fraction of sp³-hybridized carbons (Fsp3) is 0.467. The van der Waals surface area contributed by atoms with Crippen LogP contribution in [-0.2, 0) is 0 Å². The molecule has 1 amide bonds.